The zero-order valence-corrected chi connectivity index (χ0v) is 20.7. The van der Waals surface area contributed by atoms with Crippen molar-refractivity contribution in [1.82, 2.24) is 10.2 Å². The topological polar surface area (TPSA) is 77.1 Å². The number of nitrogens with one attached hydrogen (secondary N) is 1. The molecule has 0 aromatic heterocycles. The van der Waals surface area contributed by atoms with Crippen molar-refractivity contribution in [2.75, 3.05) is 32.8 Å². The van der Waals surface area contributed by atoms with Crippen LogP contribution in [0.15, 0.2) is 24.3 Å². The van der Waals surface area contributed by atoms with Crippen LogP contribution in [0.4, 0.5) is 0 Å². The first-order valence-electron chi connectivity index (χ1n) is 12.8. The normalized spacial score (nSPS) is 32.9. The van der Waals surface area contributed by atoms with Crippen LogP contribution in [-0.4, -0.2) is 66.9 Å². The van der Waals surface area contributed by atoms with Gasteiger partial charge in [0.05, 0.1) is 19.8 Å². The summed E-state index contributed by atoms with van der Waals surface area (Å²) >= 11 is 0. The summed E-state index contributed by atoms with van der Waals surface area (Å²) in [6, 6.07) is 7.91. The van der Waals surface area contributed by atoms with E-state index in [1.165, 1.54) is 0 Å². The minimum atomic E-state index is -0.966. The first kappa shape index (κ1) is 23.6. The van der Waals surface area contributed by atoms with E-state index in [4.69, 9.17) is 14.2 Å². The Hall–Kier alpha value is -2.12. The molecule has 1 unspecified atom stereocenters. The highest BCUT2D eigenvalue weighted by atomic mass is 16.6. The van der Waals surface area contributed by atoms with Crippen molar-refractivity contribution in [1.29, 1.82) is 0 Å². The van der Waals surface area contributed by atoms with Crippen molar-refractivity contribution >= 4 is 11.9 Å². The summed E-state index contributed by atoms with van der Waals surface area (Å²) < 4.78 is 17.6. The van der Waals surface area contributed by atoms with Crippen molar-refractivity contribution in [2.24, 2.45) is 17.8 Å². The number of carbonyl (C=O) groups excluding carboxylic acids is 2. The van der Waals surface area contributed by atoms with Gasteiger partial charge in [0.2, 0.25) is 0 Å². The number of nitrogens with zero attached hydrogens (tertiary/aromatic N) is 1. The Morgan fingerprint density at radius 2 is 1.74 bits per heavy atom. The van der Waals surface area contributed by atoms with Crippen molar-refractivity contribution < 1.29 is 23.8 Å². The summed E-state index contributed by atoms with van der Waals surface area (Å²) in [4.78, 5) is 28.2. The molecule has 5 atom stereocenters. The predicted molar refractivity (Wildman–Crippen MR) is 127 cm³/mol. The molecule has 1 amide bonds. The quantitative estimate of drug-likeness (QED) is 0.617. The molecule has 7 heteroatoms. The lowest BCUT2D eigenvalue weighted by Crippen LogP contribution is -2.64. The van der Waals surface area contributed by atoms with Crippen LogP contribution in [-0.2, 0) is 19.1 Å². The molecule has 34 heavy (non-hydrogen) atoms. The Morgan fingerprint density at radius 1 is 1.09 bits per heavy atom. The summed E-state index contributed by atoms with van der Waals surface area (Å²) in [6.45, 7) is 8.94. The average molecular weight is 471 g/mol. The van der Waals surface area contributed by atoms with E-state index in [1.807, 2.05) is 45.0 Å². The first-order valence-corrected chi connectivity index (χ1v) is 12.8. The molecule has 4 aliphatic carbocycles. The summed E-state index contributed by atoms with van der Waals surface area (Å²) in [6.07, 6.45) is 4.86. The molecule has 7 nitrogen and oxygen atoms in total. The maximum atomic E-state index is 13.3. The summed E-state index contributed by atoms with van der Waals surface area (Å²) in [7, 11) is 0. The lowest BCUT2D eigenvalue weighted by Gasteiger charge is -2.59. The molecule has 5 aliphatic rings. The molecule has 4 saturated carbocycles. The number of hydrogen-bond donors (Lipinski definition) is 1. The van der Waals surface area contributed by atoms with Crippen LogP contribution in [0, 0.1) is 24.7 Å². The second-order valence-electron chi connectivity index (χ2n) is 11.4. The Morgan fingerprint density at radius 3 is 2.38 bits per heavy atom. The minimum Gasteiger partial charge on any atom is -0.478 e. The number of aryl methyl sites for hydroxylation is 1. The third-order valence-electron chi connectivity index (χ3n) is 8.24. The van der Waals surface area contributed by atoms with Gasteiger partial charge in [0.15, 0.2) is 5.60 Å². The molecule has 1 aliphatic heterocycles. The van der Waals surface area contributed by atoms with E-state index < -0.39 is 5.60 Å². The first-order chi connectivity index (χ1) is 16.2. The van der Waals surface area contributed by atoms with Gasteiger partial charge in [0, 0.05) is 19.1 Å². The molecule has 1 aromatic rings. The second-order valence-corrected chi connectivity index (χ2v) is 11.4. The molecule has 1 saturated heterocycles. The number of rotatable bonds is 7. The fourth-order valence-corrected chi connectivity index (χ4v) is 6.80. The summed E-state index contributed by atoms with van der Waals surface area (Å²) in [5.41, 5.74) is -0.163. The molecule has 4 bridgehead atoms. The third-order valence-corrected chi connectivity index (χ3v) is 8.24. The van der Waals surface area contributed by atoms with Gasteiger partial charge in [-0.3, -0.25) is 14.5 Å². The van der Waals surface area contributed by atoms with Gasteiger partial charge in [0.1, 0.15) is 11.4 Å². The number of esters is 1. The van der Waals surface area contributed by atoms with E-state index in [2.05, 4.69) is 10.2 Å². The number of benzene rings is 1. The van der Waals surface area contributed by atoms with Gasteiger partial charge in [-0.25, -0.2) is 0 Å². The van der Waals surface area contributed by atoms with E-state index in [0.717, 1.165) is 50.8 Å². The molecule has 186 valence electrons. The number of ether oxygens (including phenoxy) is 3. The van der Waals surface area contributed by atoms with E-state index in [9.17, 15) is 9.59 Å². The minimum absolute atomic E-state index is 0.0797. The van der Waals surface area contributed by atoms with Crippen LogP contribution in [0.5, 0.6) is 5.75 Å². The number of carbonyl (C=O) groups is 2. The monoisotopic (exact) mass is 470 g/mol. The van der Waals surface area contributed by atoms with Gasteiger partial charge in [-0.05, 0) is 82.8 Å². The highest BCUT2D eigenvalue weighted by molar-refractivity contribution is 5.85. The van der Waals surface area contributed by atoms with Crippen LogP contribution in [0.3, 0.4) is 0 Å². The zero-order chi connectivity index (χ0) is 23.9. The Balaban J connectivity index is 1.20. The Kier molecular flexibility index (Phi) is 6.36. The molecule has 6 rings (SSSR count). The van der Waals surface area contributed by atoms with Crippen molar-refractivity contribution in [3.8, 4) is 5.75 Å². The Labute approximate surface area is 202 Å². The van der Waals surface area contributed by atoms with Gasteiger partial charge in [-0.1, -0.05) is 17.7 Å². The van der Waals surface area contributed by atoms with E-state index in [1.54, 1.807) is 0 Å². The van der Waals surface area contributed by atoms with Crippen LogP contribution >= 0.6 is 0 Å². The number of hydrogen-bond acceptors (Lipinski definition) is 6. The standard InChI is InChI=1S/C27H38N2O5/c1-18-4-6-22(7-5-18)33-26(2,3)25(31)28-24-20-12-19-13-21(24)16-27(14-19,15-20)34-23(30)17-29-8-10-32-11-9-29/h4-7,19-21,24H,8-17H2,1-3H3,(H,28,31)/t19?,20-,21+,24+,27+. The van der Waals surface area contributed by atoms with Gasteiger partial charge < -0.3 is 19.5 Å². The fourth-order valence-electron chi connectivity index (χ4n) is 6.80. The maximum Gasteiger partial charge on any atom is 0.320 e. The van der Waals surface area contributed by atoms with Crippen LogP contribution in [0.25, 0.3) is 0 Å². The number of morpholine rings is 1. The molecule has 5 fully saturated rings. The van der Waals surface area contributed by atoms with Crippen LogP contribution < -0.4 is 10.1 Å². The lowest BCUT2D eigenvalue weighted by molar-refractivity contribution is -0.193. The SMILES string of the molecule is Cc1ccc(OC(C)(C)C(=O)N[C@H]2[C@@H]3CC4C[C@H]2C[C@](OC(=O)CN2CCOCC2)(C4)C3)cc1. The molecule has 1 aromatic carbocycles. The number of amides is 1. The maximum absolute atomic E-state index is 13.3. The molecule has 0 radical (unpaired) electrons. The molecule has 1 N–H and O–H groups in total. The van der Waals surface area contributed by atoms with E-state index in [-0.39, 0.29) is 23.5 Å². The van der Waals surface area contributed by atoms with E-state index >= 15 is 0 Å². The molecule has 1 heterocycles. The molecule has 0 spiro atoms. The predicted octanol–water partition coefficient (Wildman–Crippen LogP) is 3.09. The average Bonchev–Trinajstić information content (AvgIpc) is 2.77. The highest BCUT2D eigenvalue weighted by Gasteiger charge is 2.58. The Bertz CT molecular complexity index is 892. The van der Waals surface area contributed by atoms with Crippen molar-refractivity contribution in [3.63, 3.8) is 0 Å². The zero-order valence-electron chi connectivity index (χ0n) is 20.7. The van der Waals surface area contributed by atoms with E-state index in [0.29, 0.717) is 43.3 Å². The second kappa shape index (κ2) is 9.15. The van der Waals surface area contributed by atoms with Gasteiger partial charge in [-0.2, -0.15) is 0 Å². The lowest BCUT2D eigenvalue weighted by atomic mass is 9.52. The summed E-state index contributed by atoms with van der Waals surface area (Å²) in [5, 5.41) is 3.34. The van der Waals surface area contributed by atoms with Gasteiger partial charge in [-0.15, -0.1) is 0 Å². The smallest absolute Gasteiger partial charge is 0.320 e. The van der Waals surface area contributed by atoms with Crippen LogP contribution in [0.2, 0.25) is 0 Å². The molecular formula is C27H38N2O5. The van der Waals surface area contributed by atoms with Gasteiger partial charge >= 0.3 is 5.97 Å². The highest BCUT2D eigenvalue weighted by Crippen LogP contribution is 2.57. The van der Waals surface area contributed by atoms with Crippen LogP contribution in [0.1, 0.15) is 51.5 Å². The largest absolute Gasteiger partial charge is 0.478 e. The molecular weight excluding hydrogens is 432 g/mol. The van der Waals surface area contributed by atoms with Crippen molar-refractivity contribution in [2.45, 2.75) is 70.1 Å². The third kappa shape index (κ3) is 4.96. The summed E-state index contributed by atoms with van der Waals surface area (Å²) in [5.74, 6) is 1.78. The van der Waals surface area contributed by atoms with Gasteiger partial charge in [0.25, 0.3) is 5.91 Å². The fraction of sp³-hybridized carbons (Fsp3) is 0.704. The van der Waals surface area contributed by atoms with Crippen molar-refractivity contribution in [3.05, 3.63) is 29.8 Å².